The molecule has 3 aromatic heterocycles. The molecule has 0 saturated heterocycles. The summed E-state index contributed by atoms with van der Waals surface area (Å²) in [5, 5.41) is 2.60. The van der Waals surface area contributed by atoms with Crippen LogP contribution in [0.1, 0.15) is 21.6 Å². The quantitative estimate of drug-likeness (QED) is 0.707. The van der Waals surface area contributed by atoms with Gasteiger partial charge in [0.1, 0.15) is 11.5 Å². The molecule has 0 aliphatic carbocycles. The van der Waals surface area contributed by atoms with E-state index in [2.05, 4.69) is 31.2 Å². The molecule has 124 valence electrons. The second kappa shape index (κ2) is 5.90. The van der Waals surface area contributed by atoms with E-state index < -0.39 is 17.8 Å². The number of nitrogens with one attached hydrogen (secondary N) is 1. The van der Waals surface area contributed by atoms with Crippen LogP contribution in [0, 0.1) is 6.92 Å². The lowest BCUT2D eigenvalue weighted by molar-refractivity contribution is -0.140. The van der Waals surface area contributed by atoms with Crippen molar-refractivity contribution in [1.82, 2.24) is 14.4 Å². The molecule has 3 aromatic rings. The predicted octanol–water partition coefficient (Wildman–Crippen LogP) is 4.07. The van der Waals surface area contributed by atoms with E-state index in [1.165, 1.54) is 18.3 Å². The Morgan fingerprint density at radius 1 is 1.29 bits per heavy atom. The molecule has 1 amide bonds. The standard InChI is InChI=1S/C15H10BrF3N4O/c1-8-4-10(16)13(20-5-8)22-14(24)9-2-3-12-21-11(15(17,18)19)7-23(12)6-9/h2-7H,1H3,(H,20,22,24). The number of imidazole rings is 1. The Hall–Kier alpha value is -2.42. The van der Waals surface area contributed by atoms with E-state index in [9.17, 15) is 18.0 Å². The molecule has 5 nitrogen and oxygen atoms in total. The number of nitrogens with zero attached hydrogens (tertiary/aromatic N) is 3. The van der Waals surface area contributed by atoms with Gasteiger partial charge in [-0.05, 0) is 46.6 Å². The van der Waals surface area contributed by atoms with Crippen LogP contribution < -0.4 is 5.32 Å². The maximum atomic E-state index is 12.7. The van der Waals surface area contributed by atoms with Gasteiger partial charge in [-0.15, -0.1) is 0 Å². The van der Waals surface area contributed by atoms with E-state index in [1.54, 1.807) is 12.3 Å². The predicted molar refractivity (Wildman–Crippen MR) is 84.8 cm³/mol. The minimum absolute atomic E-state index is 0.105. The molecule has 0 unspecified atom stereocenters. The normalized spacial score (nSPS) is 11.7. The number of carbonyl (C=O) groups excluding carboxylic acids is 1. The van der Waals surface area contributed by atoms with Crippen LogP contribution >= 0.6 is 15.9 Å². The van der Waals surface area contributed by atoms with E-state index >= 15 is 0 Å². The highest BCUT2D eigenvalue weighted by atomic mass is 79.9. The number of alkyl halides is 3. The van der Waals surface area contributed by atoms with Crippen LogP contribution in [0.3, 0.4) is 0 Å². The average molecular weight is 399 g/mol. The smallest absolute Gasteiger partial charge is 0.306 e. The number of carbonyl (C=O) groups is 1. The Balaban J connectivity index is 1.89. The van der Waals surface area contributed by atoms with Gasteiger partial charge >= 0.3 is 6.18 Å². The Morgan fingerprint density at radius 3 is 2.71 bits per heavy atom. The second-order valence-electron chi connectivity index (χ2n) is 5.10. The number of amides is 1. The maximum absolute atomic E-state index is 12.7. The number of hydrogen-bond acceptors (Lipinski definition) is 3. The van der Waals surface area contributed by atoms with E-state index in [0.717, 1.165) is 16.2 Å². The maximum Gasteiger partial charge on any atom is 0.434 e. The fourth-order valence-electron chi connectivity index (χ4n) is 2.07. The van der Waals surface area contributed by atoms with E-state index in [0.29, 0.717) is 10.3 Å². The van der Waals surface area contributed by atoms with E-state index in [1.807, 2.05) is 6.92 Å². The van der Waals surface area contributed by atoms with Gasteiger partial charge in [0.05, 0.1) is 10.0 Å². The Labute approximate surface area is 142 Å². The average Bonchev–Trinajstić information content (AvgIpc) is 2.93. The Morgan fingerprint density at radius 2 is 2.04 bits per heavy atom. The third-order valence-electron chi connectivity index (χ3n) is 3.21. The van der Waals surface area contributed by atoms with Crippen LogP contribution in [-0.2, 0) is 6.18 Å². The van der Waals surface area contributed by atoms with E-state index in [-0.39, 0.29) is 11.2 Å². The molecule has 0 atom stereocenters. The van der Waals surface area contributed by atoms with Gasteiger partial charge in [-0.1, -0.05) is 0 Å². The second-order valence-corrected chi connectivity index (χ2v) is 5.96. The highest BCUT2D eigenvalue weighted by molar-refractivity contribution is 9.10. The summed E-state index contributed by atoms with van der Waals surface area (Å²) in [6.07, 6.45) is -0.818. The summed E-state index contributed by atoms with van der Waals surface area (Å²) in [4.78, 5) is 19.8. The number of aromatic nitrogens is 3. The summed E-state index contributed by atoms with van der Waals surface area (Å²) in [5.41, 5.74) is 0.193. The molecule has 3 heterocycles. The van der Waals surface area contributed by atoms with Crippen LogP contribution in [0.5, 0.6) is 0 Å². The van der Waals surface area contributed by atoms with Gasteiger partial charge in [0, 0.05) is 18.6 Å². The van der Waals surface area contributed by atoms with Crippen LogP contribution in [0.2, 0.25) is 0 Å². The lowest BCUT2D eigenvalue weighted by Crippen LogP contribution is -2.14. The van der Waals surface area contributed by atoms with Crippen molar-refractivity contribution in [3.05, 3.63) is 58.1 Å². The topological polar surface area (TPSA) is 59.3 Å². The van der Waals surface area contributed by atoms with Crippen molar-refractivity contribution in [3.63, 3.8) is 0 Å². The molecule has 24 heavy (non-hydrogen) atoms. The fraction of sp³-hybridized carbons (Fsp3) is 0.133. The number of aryl methyl sites for hydroxylation is 1. The fourth-order valence-corrected chi connectivity index (χ4v) is 2.63. The van der Waals surface area contributed by atoms with Crippen molar-refractivity contribution in [3.8, 4) is 0 Å². The Bertz CT molecular complexity index is 936. The van der Waals surface area contributed by atoms with Crippen LogP contribution in [0.25, 0.3) is 5.65 Å². The molecule has 0 fully saturated rings. The number of anilines is 1. The lowest BCUT2D eigenvalue weighted by atomic mass is 10.2. The number of pyridine rings is 2. The minimum Gasteiger partial charge on any atom is -0.306 e. The monoisotopic (exact) mass is 398 g/mol. The highest BCUT2D eigenvalue weighted by Crippen LogP contribution is 2.28. The van der Waals surface area contributed by atoms with Gasteiger partial charge in [-0.2, -0.15) is 13.2 Å². The first kappa shape index (κ1) is 16.4. The minimum atomic E-state index is -4.54. The molecule has 0 bridgehead atoms. The molecule has 3 rings (SSSR count). The molecule has 0 saturated carbocycles. The molecule has 1 N–H and O–H groups in total. The molecule has 0 aliphatic rings. The summed E-state index contributed by atoms with van der Waals surface area (Å²) in [6, 6.07) is 4.54. The molecule has 9 heteroatoms. The number of fused-ring (bicyclic) bond motifs is 1. The molecule has 0 aliphatic heterocycles. The first-order chi connectivity index (χ1) is 11.2. The number of rotatable bonds is 2. The summed E-state index contributed by atoms with van der Waals surface area (Å²) in [5.74, 6) is -0.163. The van der Waals surface area contributed by atoms with Crippen LogP contribution in [-0.4, -0.2) is 20.3 Å². The highest BCUT2D eigenvalue weighted by Gasteiger charge is 2.33. The molecular weight excluding hydrogens is 389 g/mol. The summed E-state index contributed by atoms with van der Waals surface area (Å²) < 4.78 is 39.8. The van der Waals surface area contributed by atoms with Gasteiger partial charge in [0.2, 0.25) is 0 Å². The van der Waals surface area contributed by atoms with Gasteiger partial charge in [0.25, 0.3) is 5.91 Å². The number of halogens is 4. The van der Waals surface area contributed by atoms with Crippen molar-refractivity contribution >= 4 is 33.3 Å². The van der Waals surface area contributed by atoms with Crippen molar-refractivity contribution in [2.75, 3.05) is 5.32 Å². The molecule has 0 radical (unpaired) electrons. The largest absolute Gasteiger partial charge is 0.434 e. The van der Waals surface area contributed by atoms with Gasteiger partial charge in [-0.3, -0.25) is 4.79 Å². The van der Waals surface area contributed by atoms with Crippen molar-refractivity contribution in [2.24, 2.45) is 0 Å². The SMILES string of the molecule is Cc1cnc(NC(=O)c2ccc3nc(C(F)(F)F)cn3c2)c(Br)c1. The summed E-state index contributed by atoms with van der Waals surface area (Å²) >= 11 is 3.30. The van der Waals surface area contributed by atoms with Crippen LogP contribution in [0.15, 0.2) is 41.3 Å². The van der Waals surface area contributed by atoms with E-state index in [4.69, 9.17) is 0 Å². The summed E-state index contributed by atoms with van der Waals surface area (Å²) in [7, 11) is 0. The molecule has 0 aromatic carbocycles. The van der Waals surface area contributed by atoms with Crippen molar-refractivity contribution in [1.29, 1.82) is 0 Å². The van der Waals surface area contributed by atoms with Gasteiger partial charge in [-0.25, -0.2) is 9.97 Å². The lowest BCUT2D eigenvalue weighted by Gasteiger charge is -2.07. The van der Waals surface area contributed by atoms with Gasteiger partial charge < -0.3 is 9.72 Å². The zero-order chi connectivity index (χ0) is 17.5. The third kappa shape index (κ3) is 3.25. The van der Waals surface area contributed by atoms with Crippen molar-refractivity contribution in [2.45, 2.75) is 13.1 Å². The van der Waals surface area contributed by atoms with Gasteiger partial charge in [0.15, 0.2) is 5.69 Å². The number of hydrogen-bond donors (Lipinski definition) is 1. The first-order valence-corrected chi connectivity index (χ1v) is 7.53. The molecule has 0 spiro atoms. The zero-order valence-corrected chi connectivity index (χ0v) is 13.8. The van der Waals surface area contributed by atoms with Crippen molar-refractivity contribution < 1.29 is 18.0 Å². The summed E-state index contributed by atoms with van der Waals surface area (Å²) in [6.45, 7) is 1.86. The zero-order valence-electron chi connectivity index (χ0n) is 12.2. The Kier molecular flexibility index (Phi) is 4.04. The molecular formula is C15H10BrF3N4O. The first-order valence-electron chi connectivity index (χ1n) is 6.73. The van der Waals surface area contributed by atoms with Crippen LogP contribution in [0.4, 0.5) is 19.0 Å². The third-order valence-corrected chi connectivity index (χ3v) is 3.82.